The Morgan fingerprint density at radius 3 is 1.80 bits per heavy atom. The Labute approximate surface area is 186 Å². The first-order chi connectivity index (χ1) is 14.2. The molecule has 0 aliphatic rings. The standard InChI is InChI=1S/C22H27BrFNO4S/c1-17(4-13-22(23)24)16-30(26,27)25(14-18-5-9-20(28-2)10-6-18)15-19-7-11-21(29-3)12-8-19/h5-13,17H,4,14-16H2,1-3H3/b22-13-. The van der Waals surface area contributed by atoms with Crippen molar-refractivity contribution in [3.8, 4) is 11.5 Å². The number of hydrogen-bond acceptors (Lipinski definition) is 4. The van der Waals surface area contributed by atoms with Gasteiger partial charge in [-0.25, -0.2) is 8.42 Å². The summed E-state index contributed by atoms with van der Waals surface area (Å²) in [6.07, 6.45) is 1.67. The van der Waals surface area contributed by atoms with Crippen LogP contribution in [0.5, 0.6) is 11.5 Å². The van der Waals surface area contributed by atoms with Crippen molar-refractivity contribution in [1.29, 1.82) is 0 Å². The van der Waals surface area contributed by atoms with Crippen molar-refractivity contribution in [3.63, 3.8) is 0 Å². The molecule has 1 unspecified atom stereocenters. The highest BCUT2D eigenvalue weighted by atomic mass is 79.9. The fourth-order valence-electron chi connectivity index (χ4n) is 2.95. The number of benzene rings is 2. The SMILES string of the molecule is COc1ccc(CN(Cc2ccc(OC)cc2)S(=O)(=O)CC(C)C/C=C(\F)Br)cc1. The van der Waals surface area contributed by atoms with Crippen LogP contribution in [0.3, 0.4) is 0 Å². The van der Waals surface area contributed by atoms with Gasteiger partial charge in [0.25, 0.3) is 0 Å². The minimum absolute atomic E-state index is 0.0733. The largest absolute Gasteiger partial charge is 0.497 e. The first-order valence-electron chi connectivity index (χ1n) is 9.48. The number of hydrogen-bond donors (Lipinski definition) is 0. The van der Waals surface area contributed by atoms with E-state index < -0.39 is 14.8 Å². The minimum Gasteiger partial charge on any atom is -0.497 e. The smallest absolute Gasteiger partial charge is 0.214 e. The Balaban J connectivity index is 2.24. The molecule has 0 spiro atoms. The first-order valence-corrected chi connectivity index (χ1v) is 11.9. The molecule has 0 radical (unpaired) electrons. The molecule has 0 aromatic heterocycles. The molecule has 5 nitrogen and oxygen atoms in total. The molecule has 0 heterocycles. The number of methoxy groups -OCH3 is 2. The summed E-state index contributed by atoms with van der Waals surface area (Å²) in [5.41, 5.74) is 1.71. The molecule has 30 heavy (non-hydrogen) atoms. The van der Waals surface area contributed by atoms with E-state index in [9.17, 15) is 12.8 Å². The number of allylic oxidation sites excluding steroid dienone is 1. The maximum atomic E-state index is 13.2. The molecule has 0 aliphatic carbocycles. The molecule has 0 fully saturated rings. The van der Waals surface area contributed by atoms with Gasteiger partial charge in [-0.3, -0.25) is 0 Å². The maximum Gasteiger partial charge on any atom is 0.214 e. The van der Waals surface area contributed by atoms with Gasteiger partial charge in [0, 0.05) is 13.1 Å². The van der Waals surface area contributed by atoms with Gasteiger partial charge < -0.3 is 9.47 Å². The molecular formula is C22H27BrFNO4S. The Morgan fingerprint density at radius 1 is 1.00 bits per heavy atom. The fraction of sp³-hybridized carbons (Fsp3) is 0.364. The third-order valence-corrected chi connectivity index (χ3v) is 6.96. The van der Waals surface area contributed by atoms with Crippen LogP contribution in [0.25, 0.3) is 0 Å². The number of sulfonamides is 1. The zero-order valence-corrected chi connectivity index (χ0v) is 19.7. The molecule has 0 saturated carbocycles. The summed E-state index contributed by atoms with van der Waals surface area (Å²) in [6, 6.07) is 14.6. The molecule has 0 amide bonds. The highest BCUT2D eigenvalue weighted by Crippen LogP contribution is 2.21. The van der Waals surface area contributed by atoms with Crippen molar-refractivity contribution < 1.29 is 22.3 Å². The van der Waals surface area contributed by atoms with E-state index in [1.165, 1.54) is 10.4 Å². The molecule has 0 saturated heterocycles. The monoisotopic (exact) mass is 499 g/mol. The van der Waals surface area contributed by atoms with Crippen LogP contribution in [0.1, 0.15) is 24.5 Å². The average Bonchev–Trinajstić information content (AvgIpc) is 2.72. The molecule has 0 N–H and O–H groups in total. The molecule has 8 heteroatoms. The first kappa shape index (κ1) is 24.4. The summed E-state index contributed by atoms with van der Waals surface area (Å²) >= 11 is 2.74. The second-order valence-corrected chi connectivity index (χ2v) is 9.85. The van der Waals surface area contributed by atoms with Gasteiger partial charge in [-0.2, -0.15) is 8.70 Å². The molecule has 164 valence electrons. The average molecular weight is 500 g/mol. The predicted octanol–water partition coefficient (Wildman–Crippen LogP) is 5.27. The lowest BCUT2D eigenvalue weighted by Gasteiger charge is -2.24. The summed E-state index contributed by atoms with van der Waals surface area (Å²) in [6.45, 7) is 2.25. The van der Waals surface area contributed by atoms with E-state index in [1.807, 2.05) is 24.3 Å². The number of nitrogens with zero attached hydrogens (tertiary/aromatic N) is 1. The Hall–Kier alpha value is -1.90. The molecule has 2 aromatic carbocycles. The van der Waals surface area contributed by atoms with Gasteiger partial charge in [0.05, 0.1) is 20.0 Å². The summed E-state index contributed by atoms with van der Waals surface area (Å²) < 4.78 is 50.7. The van der Waals surface area contributed by atoms with Crippen molar-refractivity contribution in [2.45, 2.75) is 26.4 Å². The normalized spacial score (nSPS) is 13.3. The lowest BCUT2D eigenvalue weighted by Crippen LogP contribution is -2.34. The van der Waals surface area contributed by atoms with Crippen LogP contribution in [0.15, 0.2) is 59.3 Å². The quantitative estimate of drug-likeness (QED) is 0.422. The minimum atomic E-state index is -3.59. The Morgan fingerprint density at radius 2 is 1.43 bits per heavy atom. The Bertz CT molecular complexity index is 877. The van der Waals surface area contributed by atoms with E-state index in [-0.39, 0.29) is 24.8 Å². The van der Waals surface area contributed by atoms with Gasteiger partial charge in [-0.1, -0.05) is 31.2 Å². The molecule has 0 aliphatic heterocycles. The van der Waals surface area contributed by atoms with E-state index in [4.69, 9.17) is 9.47 Å². The van der Waals surface area contributed by atoms with Gasteiger partial charge in [0.1, 0.15) is 11.5 Å². The highest BCUT2D eigenvalue weighted by molar-refractivity contribution is 9.11. The third-order valence-electron chi connectivity index (χ3n) is 4.60. The van der Waals surface area contributed by atoms with Crippen LogP contribution in [-0.4, -0.2) is 32.7 Å². The summed E-state index contributed by atoms with van der Waals surface area (Å²) in [5.74, 6) is 1.12. The lowest BCUT2D eigenvalue weighted by molar-refractivity contribution is 0.393. The van der Waals surface area contributed by atoms with Crippen molar-refractivity contribution in [1.82, 2.24) is 4.31 Å². The maximum absolute atomic E-state index is 13.2. The van der Waals surface area contributed by atoms with Crippen molar-refractivity contribution in [2.75, 3.05) is 20.0 Å². The van der Waals surface area contributed by atoms with E-state index in [1.54, 1.807) is 45.4 Å². The zero-order valence-electron chi connectivity index (χ0n) is 17.3. The molecule has 2 rings (SSSR count). The molecule has 1 atom stereocenters. The predicted molar refractivity (Wildman–Crippen MR) is 121 cm³/mol. The third kappa shape index (κ3) is 7.74. The summed E-state index contributed by atoms with van der Waals surface area (Å²) in [4.78, 5) is 0. The van der Waals surface area contributed by atoms with Gasteiger partial charge >= 0.3 is 0 Å². The fourth-order valence-corrected chi connectivity index (χ4v) is 4.89. The van der Waals surface area contributed by atoms with Crippen LogP contribution < -0.4 is 9.47 Å². The van der Waals surface area contributed by atoms with Gasteiger partial charge in [-0.05, 0) is 69.7 Å². The van der Waals surface area contributed by atoms with Crippen LogP contribution in [-0.2, 0) is 23.1 Å². The Kier molecular flexibility index (Phi) is 9.33. The van der Waals surface area contributed by atoms with Gasteiger partial charge in [0.2, 0.25) is 10.0 Å². The highest BCUT2D eigenvalue weighted by Gasteiger charge is 2.25. The second kappa shape index (κ2) is 11.5. The van der Waals surface area contributed by atoms with Crippen molar-refractivity contribution in [2.24, 2.45) is 5.92 Å². The van der Waals surface area contributed by atoms with E-state index in [2.05, 4.69) is 15.9 Å². The van der Waals surface area contributed by atoms with Crippen molar-refractivity contribution in [3.05, 3.63) is 70.5 Å². The summed E-state index contributed by atoms with van der Waals surface area (Å²) in [5, 5.41) is 0. The number of rotatable bonds is 11. The van der Waals surface area contributed by atoms with E-state index >= 15 is 0 Å². The van der Waals surface area contributed by atoms with Gasteiger partial charge in [-0.15, -0.1) is 0 Å². The lowest BCUT2D eigenvalue weighted by atomic mass is 10.1. The molecule has 0 bridgehead atoms. The van der Waals surface area contributed by atoms with Crippen LogP contribution in [0.4, 0.5) is 4.39 Å². The number of ether oxygens (including phenoxy) is 2. The molecule has 2 aromatic rings. The van der Waals surface area contributed by atoms with Crippen molar-refractivity contribution >= 4 is 26.0 Å². The van der Waals surface area contributed by atoms with Crippen LogP contribution in [0.2, 0.25) is 0 Å². The summed E-state index contributed by atoms with van der Waals surface area (Å²) in [7, 11) is -0.425. The van der Waals surface area contributed by atoms with E-state index in [0.29, 0.717) is 17.9 Å². The van der Waals surface area contributed by atoms with Crippen LogP contribution in [0, 0.1) is 5.92 Å². The zero-order chi connectivity index (χ0) is 22.1. The van der Waals surface area contributed by atoms with E-state index in [0.717, 1.165) is 11.1 Å². The molecular weight excluding hydrogens is 473 g/mol. The van der Waals surface area contributed by atoms with Gasteiger partial charge in [0.15, 0.2) is 4.74 Å². The van der Waals surface area contributed by atoms with Crippen LogP contribution >= 0.6 is 15.9 Å². The second-order valence-electron chi connectivity index (χ2n) is 7.08. The number of halogens is 2. The topological polar surface area (TPSA) is 55.8 Å².